The molecule has 1 unspecified atom stereocenters. The summed E-state index contributed by atoms with van der Waals surface area (Å²) in [4.78, 5) is 8.06. The van der Waals surface area contributed by atoms with Crippen molar-refractivity contribution in [1.29, 1.82) is 0 Å². The van der Waals surface area contributed by atoms with Crippen molar-refractivity contribution >= 4 is 33.6 Å². The lowest BCUT2D eigenvalue weighted by molar-refractivity contribution is 0.687. The van der Waals surface area contributed by atoms with E-state index in [0.717, 1.165) is 5.39 Å². The number of rotatable bonds is 4. The van der Waals surface area contributed by atoms with Gasteiger partial charge in [0, 0.05) is 29.4 Å². The van der Waals surface area contributed by atoms with Crippen LogP contribution in [0.25, 0.3) is 11.0 Å². The van der Waals surface area contributed by atoms with Crippen LogP contribution in [0.4, 0.5) is 11.8 Å². The molecule has 0 fully saturated rings. The molecule has 16 heavy (non-hydrogen) atoms. The maximum atomic E-state index is 10.9. The summed E-state index contributed by atoms with van der Waals surface area (Å²) in [7, 11) is -0.829. The molecule has 0 saturated carbocycles. The summed E-state index contributed by atoms with van der Waals surface area (Å²) < 4.78 is 10.9. The van der Waals surface area contributed by atoms with E-state index in [4.69, 9.17) is 5.73 Å². The number of hydrogen-bond acceptors (Lipinski definition) is 6. The van der Waals surface area contributed by atoms with E-state index in [2.05, 4.69) is 25.5 Å². The first kappa shape index (κ1) is 10.8. The molecule has 0 bridgehead atoms. The number of anilines is 2. The minimum Gasteiger partial charge on any atom is -0.368 e. The second-order valence-corrected chi connectivity index (χ2v) is 4.82. The molecular weight excluding hydrogens is 228 g/mol. The molecular formula is C8H12N6OS. The van der Waals surface area contributed by atoms with Crippen LogP contribution in [0.15, 0.2) is 6.20 Å². The molecule has 0 aromatic carbocycles. The zero-order chi connectivity index (χ0) is 11.5. The third-order valence-corrected chi connectivity index (χ3v) is 2.79. The summed E-state index contributed by atoms with van der Waals surface area (Å²) in [6, 6.07) is 0. The highest BCUT2D eigenvalue weighted by atomic mass is 32.2. The van der Waals surface area contributed by atoms with Gasteiger partial charge >= 0.3 is 0 Å². The molecule has 7 nitrogen and oxygen atoms in total. The monoisotopic (exact) mass is 240 g/mol. The first-order valence-corrected chi connectivity index (χ1v) is 6.40. The Bertz CT molecular complexity index is 524. The van der Waals surface area contributed by atoms with E-state index in [1.54, 1.807) is 12.5 Å². The summed E-state index contributed by atoms with van der Waals surface area (Å²) in [6.07, 6.45) is 3.28. The Morgan fingerprint density at radius 1 is 1.56 bits per heavy atom. The number of fused-ring (bicyclic) bond motifs is 1. The highest BCUT2D eigenvalue weighted by Crippen LogP contribution is 2.18. The van der Waals surface area contributed by atoms with Gasteiger partial charge in [-0.05, 0) is 0 Å². The van der Waals surface area contributed by atoms with E-state index in [1.807, 2.05) is 0 Å². The van der Waals surface area contributed by atoms with Gasteiger partial charge in [0.1, 0.15) is 5.82 Å². The Morgan fingerprint density at radius 3 is 3.12 bits per heavy atom. The first-order chi connectivity index (χ1) is 7.66. The Hall–Kier alpha value is -1.70. The summed E-state index contributed by atoms with van der Waals surface area (Å²) in [5, 5.41) is 10.4. The van der Waals surface area contributed by atoms with Gasteiger partial charge in [-0.15, -0.1) is 0 Å². The van der Waals surface area contributed by atoms with Crippen LogP contribution >= 0.6 is 0 Å². The smallest absolute Gasteiger partial charge is 0.224 e. The zero-order valence-electron chi connectivity index (χ0n) is 8.73. The second kappa shape index (κ2) is 4.44. The minimum absolute atomic E-state index is 0.178. The maximum Gasteiger partial charge on any atom is 0.224 e. The Balaban J connectivity index is 2.22. The predicted molar refractivity (Wildman–Crippen MR) is 63.5 cm³/mol. The minimum atomic E-state index is -0.829. The Labute approximate surface area is 94.3 Å². The quantitative estimate of drug-likeness (QED) is 0.678. The number of H-pyrrole nitrogens is 1. The topological polar surface area (TPSA) is 110 Å². The fourth-order valence-electron chi connectivity index (χ4n) is 1.30. The number of aromatic nitrogens is 4. The SMILES string of the molecule is CS(=O)CCNc1nc(N)nc2[nH]ncc12. The fourth-order valence-corrected chi connectivity index (χ4v) is 1.69. The van der Waals surface area contributed by atoms with Gasteiger partial charge in [-0.2, -0.15) is 15.1 Å². The number of nitrogens with zero attached hydrogens (tertiary/aromatic N) is 3. The van der Waals surface area contributed by atoms with Crippen molar-refractivity contribution in [1.82, 2.24) is 20.2 Å². The Morgan fingerprint density at radius 2 is 2.38 bits per heavy atom. The van der Waals surface area contributed by atoms with Crippen molar-refractivity contribution in [2.75, 3.05) is 29.6 Å². The molecule has 0 aliphatic heterocycles. The maximum absolute atomic E-state index is 10.9. The summed E-state index contributed by atoms with van der Waals surface area (Å²) in [5.41, 5.74) is 6.14. The van der Waals surface area contributed by atoms with E-state index < -0.39 is 10.8 Å². The predicted octanol–water partition coefficient (Wildman–Crippen LogP) is -0.275. The largest absolute Gasteiger partial charge is 0.368 e. The molecule has 2 aromatic rings. The number of hydrogen-bond donors (Lipinski definition) is 3. The second-order valence-electron chi connectivity index (χ2n) is 3.27. The van der Waals surface area contributed by atoms with Crippen LogP contribution in [0.2, 0.25) is 0 Å². The van der Waals surface area contributed by atoms with Crippen molar-refractivity contribution in [3.05, 3.63) is 6.20 Å². The van der Waals surface area contributed by atoms with E-state index >= 15 is 0 Å². The van der Waals surface area contributed by atoms with Crippen molar-refractivity contribution in [3.8, 4) is 0 Å². The van der Waals surface area contributed by atoms with Crippen LogP contribution in [-0.2, 0) is 10.8 Å². The van der Waals surface area contributed by atoms with Gasteiger partial charge in [-0.25, -0.2) is 0 Å². The molecule has 0 spiro atoms. The summed E-state index contributed by atoms with van der Waals surface area (Å²) in [5.74, 6) is 1.35. The van der Waals surface area contributed by atoms with Crippen LogP contribution in [0.5, 0.6) is 0 Å². The van der Waals surface area contributed by atoms with Gasteiger partial charge in [0.15, 0.2) is 5.65 Å². The number of nitrogens with one attached hydrogen (secondary N) is 2. The van der Waals surface area contributed by atoms with Crippen molar-refractivity contribution < 1.29 is 4.21 Å². The highest BCUT2D eigenvalue weighted by molar-refractivity contribution is 7.84. The normalized spacial score (nSPS) is 12.8. The standard InChI is InChI=1S/C8H12N6OS/c1-16(15)3-2-10-6-5-4-11-14-7(5)13-8(9)12-6/h4H,2-3H2,1H3,(H4,9,10,11,12,13,14). The van der Waals surface area contributed by atoms with E-state index in [1.165, 1.54) is 0 Å². The van der Waals surface area contributed by atoms with Gasteiger partial charge in [0.25, 0.3) is 0 Å². The van der Waals surface area contributed by atoms with Gasteiger partial charge in [-0.1, -0.05) is 0 Å². The van der Waals surface area contributed by atoms with Gasteiger partial charge in [-0.3, -0.25) is 9.31 Å². The molecule has 2 heterocycles. The molecule has 1 atom stereocenters. The molecule has 86 valence electrons. The first-order valence-electron chi connectivity index (χ1n) is 4.67. The fraction of sp³-hybridized carbons (Fsp3) is 0.375. The number of nitrogens with two attached hydrogens (primary N) is 1. The molecule has 0 amide bonds. The molecule has 2 aromatic heterocycles. The molecule has 0 saturated heterocycles. The lowest BCUT2D eigenvalue weighted by Gasteiger charge is -2.05. The number of aromatic amines is 1. The van der Waals surface area contributed by atoms with Crippen LogP contribution in [-0.4, -0.2) is 42.9 Å². The van der Waals surface area contributed by atoms with E-state index in [0.29, 0.717) is 23.8 Å². The van der Waals surface area contributed by atoms with Gasteiger partial charge in [0.05, 0.1) is 11.6 Å². The summed E-state index contributed by atoms with van der Waals surface area (Å²) >= 11 is 0. The molecule has 8 heteroatoms. The van der Waals surface area contributed by atoms with Crippen LogP contribution in [0, 0.1) is 0 Å². The highest BCUT2D eigenvalue weighted by Gasteiger charge is 2.07. The number of nitrogen functional groups attached to an aromatic ring is 1. The third-order valence-electron chi connectivity index (χ3n) is 2.01. The molecule has 0 aliphatic carbocycles. The molecule has 2 rings (SSSR count). The average Bonchev–Trinajstić information content (AvgIpc) is 2.64. The average molecular weight is 240 g/mol. The van der Waals surface area contributed by atoms with Crippen molar-refractivity contribution in [3.63, 3.8) is 0 Å². The van der Waals surface area contributed by atoms with Crippen LogP contribution < -0.4 is 11.1 Å². The van der Waals surface area contributed by atoms with Gasteiger partial charge in [0.2, 0.25) is 5.95 Å². The third kappa shape index (κ3) is 2.27. The van der Waals surface area contributed by atoms with Gasteiger partial charge < -0.3 is 11.1 Å². The molecule has 0 radical (unpaired) electrons. The zero-order valence-corrected chi connectivity index (χ0v) is 9.54. The van der Waals surface area contributed by atoms with E-state index in [-0.39, 0.29) is 5.95 Å². The van der Waals surface area contributed by atoms with E-state index in [9.17, 15) is 4.21 Å². The van der Waals surface area contributed by atoms with Crippen molar-refractivity contribution in [2.24, 2.45) is 0 Å². The van der Waals surface area contributed by atoms with Crippen molar-refractivity contribution in [2.45, 2.75) is 0 Å². The molecule has 4 N–H and O–H groups in total. The lowest BCUT2D eigenvalue weighted by atomic mass is 10.4. The Kier molecular flexibility index (Phi) is 3.00. The lowest BCUT2D eigenvalue weighted by Crippen LogP contribution is -2.12. The van der Waals surface area contributed by atoms with Crippen LogP contribution in [0.1, 0.15) is 0 Å². The van der Waals surface area contributed by atoms with Crippen LogP contribution in [0.3, 0.4) is 0 Å². The summed E-state index contributed by atoms with van der Waals surface area (Å²) in [6.45, 7) is 0.569. The molecule has 0 aliphatic rings.